The van der Waals surface area contributed by atoms with Crippen molar-refractivity contribution in [2.24, 2.45) is 17.2 Å². The minimum Gasteiger partial charge on any atom is -0.480 e. The molecule has 13 nitrogen and oxygen atoms in total. The molecule has 0 aliphatic heterocycles. The summed E-state index contributed by atoms with van der Waals surface area (Å²) in [5, 5.41) is 16.0. The topological polar surface area (TPSA) is 237 Å². The Morgan fingerprint density at radius 1 is 0.793 bits per heavy atom. The van der Waals surface area contributed by atoms with E-state index < -0.39 is 53.6 Å². The van der Waals surface area contributed by atoms with Crippen LogP contribution in [0.4, 0.5) is 0 Å². The van der Waals surface area contributed by atoms with Gasteiger partial charge in [-0.05, 0) is 12.8 Å². The normalized spacial score (nSPS) is 13.4. The Morgan fingerprint density at radius 3 is 1.66 bits per heavy atom. The van der Waals surface area contributed by atoms with Gasteiger partial charge >= 0.3 is 5.97 Å². The van der Waals surface area contributed by atoms with Gasteiger partial charge < -0.3 is 38.3 Å². The molecule has 3 atom stereocenters. The number of nitrogens with one attached hydrogen (secondary N) is 3. The van der Waals surface area contributed by atoms with Crippen LogP contribution in [-0.2, 0) is 28.8 Å². The monoisotopic (exact) mass is 434 g/mol. The molecule has 29 heavy (non-hydrogen) atoms. The maximum absolute atomic E-state index is 12.5. The molecule has 3 unspecified atom stereocenters. The van der Waals surface area contributed by atoms with Gasteiger partial charge in [-0.25, -0.2) is 4.79 Å². The molecule has 0 spiro atoms. The van der Waals surface area contributed by atoms with Gasteiger partial charge in [0.05, 0.1) is 6.54 Å². The molecule has 0 aliphatic rings. The number of hydrogen-bond acceptors (Lipinski definition) is 8. The Labute approximate surface area is 171 Å². The number of carbonyl (C=O) groups excluding carboxylic acids is 5. The molecular weight excluding hydrogens is 408 g/mol. The number of nitrogens with two attached hydrogens (primary N) is 3. The SMILES string of the molecule is NCC(=O)NC(CS)C(=O)NC(CCC(N)=O)C(=O)NC(CCC(N)=O)C(=O)O. The number of thiol groups is 1. The fraction of sp³-hybridized carbons (Fsp3) is 0.600. The molecule has 0 aromatic carbocycles. The van der Waals surface area contributed by atoms with Gasteiger partial charge in [-0.3, -0.25) is 24.0 Å². The Kier molecular flexibility index (Phi) is 12.0. The molecule has 0 heterocycles. The lowest BCUT2D eigenvalue weighted by atomic mass is 10.1. The smallest absolute Gasteiger partial charge is 0.326 e. The zero-order valence-corrected chi connectivity index (χ0v) is 16.4. The van der Waals surface area contributed by atoms with Crippen molar-refractivity contribution < 1.29 is 33.9 Å². The predicted octanol–water partition coefficient (Wildman–Crippen LogP) is -4.06. The van der Waals surface area contributed by atoms with Crippen molar-refractivity contribution in [2.45, 2.75) is 43.8 Å². The summed E-state index contributed by atoms with van der Waals surface area (Å²) in [6, 6.07) is -3.90. The largest absolute Gasteiger partial charge is 0.480 e. The molecule has 0 saturated carbocycles. The van der Waals surface area contributed by atoms with E-state index in [0.29, 0.717) is 0 Å². The number of hydrogen-bond donors (Lipinski definition) is 8. The molecule has 14 heteroatoms. The Hall–Kier alpha value is -2.87. The van der Waals surface area contributed by atoms with Crippen molar-refractivity contribution in [3.63, 3.8) is 0 Å². The van der Waals surface area contributed by atoms with Gasteiger partial charge in [-0.2, -0.15) is 12.6 Å². The highest BCUT2D eigenvalue weighted by atomic mass is 32.1. The van der Waals surface area contributed by atoms with Crippen LogP contribution in [0.25, 0.3) is 0 Å². The van der Waals surface area contributed by atoms with Gasteiger partial charge in [-0.15, -0.1) is 0 Å². The second-order valence-electron chi connectivity index (χ2n) is 5.98. The maximum Gasteiger partial charge on any atom is 0.326 e. The lowest BCUT2D eigenvalue weighted by Gasteiger charge is -2.23. The highest BCUT2D eigenvalue weighted by Gasteiger charge is 2.29. The summed E-state index contributed by atoms with van der Waals surface area (Å²) >= 11 is 3.94. The zero-order chi connectivity index (χ0) is 22.6. The average molecular weight is 434 g/mol. The minimum atomic E-state index is -1.44. The molecule has 164 valence electrons. The number of carboxylic acids is 1. The van der Waals surface area contributed by atoms with Gasteiger partial charge in [0.1, 0.15) is 18.1 Å². The first-order valence-electron chi connectivity index (χ1n) is 8.52. The number of primary amides is 2. The summed E-state index contributed by atoms with van der Waals surface area (Å²) in [7, 11) is 0. The summed E-state index contributed by atoms with van der Waals surface area (Å²) in [6.07, 6.45) is -1.06. The highest BCUT2D eigenvalue weighted by molar-refractivity contribution is 7.80. The highest BCUT2D eigenvalue weighted by Crippen LogP contribution is 2.03. The number of carbonyl (C=O) groups is 6. The van der Waals surface area contributed by atoms with E-state index in [9.17, 15) is 33.9 Å². The first kappa shape index (κ1) is 26.1. The summed E-state index contributed by atoms with van der Waals surface area (Å²) in [4.78, 5) is 69.3. The third-order valence-electron chi connectivity index (χ3n) is 3.63. The lowest BCUT2D eigenvalue weighted by molar-refractivity contribution is -0.142. The predicted molar refractivity (Wildman–Crippen MR) is 103 cm³/mol. The van der Waals surface area contributed by atoms with E-state index in [1.807, 2.05) is 0 Å². The van der Waals surface area contributed by atoms with E-state index in [-0.39, 0.29) is 38.0 Å². The first-order chi connectivity index (χ1) is 13.5. The van der Waals surface area contributed by atoms with E-state index in [0.717, 1.165) is 0 Å². The number of carboxylic acid groups (broad SMARTS) is 1. The van der Waals surface area contributed by atoms with Crippen LogP contribution in [-0.4, -0.2) is 71.0 Å². The molecule has 0 rings (SSSR count). The van der Waals surface area contributed by atoms with Crippen LogP contribution in [0.2, 0.25) is 0 Å². The number of rotatable bonds is 14. The van der Waals surface area contributed by atoms with Gasteiger partial charge in [0.25, 0.3) is 0 Å². The van der Waals surface area contributed by atoms with Crippen LogP contribution in [0.15, 0.2) is 0 Å². The molecule has 0 aromatic rings. The van der Waals surface area contributed by atoms with E-state index in [1.54, 1.807) is 0 Å². The fourth-order valence-electron chi connectivity index (χ4n) is 2.09. The third-order valence-corrected chi connectivity index (χ3v) is 3.99. The zero-order valence-electron chi connectivity index (χ0n) is 15.6. The third kappa shape index (κ3) is 10.9. The van der Waals surface area contributed by atoms with E-state index in [1.165, 1.54) is 0 Å². The molecule has 0 fully saturated rings. The standard InChI is InChI=1S/C15H26N6O7S/c16-5-12(24)19-9(6-29)14(26)20-7(1-3-10(17)22)13(25)21-8(15(27)28)2-4-11(18)23/h7-9,29H,1-6,16H2,(H2,17,22)(H2,18,23)(H,19,24)(H,20,26)(H,21,25)(H,27,28). The molecule has 10 N–H and O–H groups in total. The van der Waals surface area contributed by atoms with Crippen molar-refractivity contribution in [2.75, 3.05) is 12.3 Å². The maximum atomic E-state index is 12.5. The van der Waals surface area contributed by atoms with Crippen LogP contribution in [0.1, 0.15) is 25.7 Å². The van der Waals surface area contributed by atoms with Crippen LogP contribution >= 0.6 is 12.6 Å². The van der Waals surface area contributed by atoms with E-state index in [4.69, 9.17) is 17.2 Å². The van der Waals surface area contributed by atoms with E-state index in [2.05, 4.69) is 28.6 Å². The van der Waals surface area contributed by atoms with Gasteiger partial charge in [-0.1, -0.05) is 0 Å². The van der Waals surface area contributed by atoms with Gasteiger partial charge in [0, 0.05) is 18.6 Å². The Bertz CT molecular complexity index is 645. The molecule has 0 aliphatic carbocycles. The number of aliphatic carboxylic acids is 1. The minimum absolute atomic E-state index is 0.113. The van der Waals surface area contributed by atoms with Crippen molar-refractivity contribution in [3.8, 4) is 0 Å². The van der Waals surface area contributed by atoms with Crippen molar-refractivity contribution in [1.82, 2.24) is 16.0 Å². The molecule has 0 aromatic heterocycles. The first-order valence-corrected chi connectivity index (χ1v) is 9.15. The molecule has 5 amide bonds. The second-order valence-corrected chi connectivity index (χ2v) is 6.34. The van der Waals surface area contributed by atoms with Crippen LogP contribution < -0.4 is 33.2 Å². The summed E-state index contributed by atoms with van der Waals surface area (Å²) in [6.45, 7) is -0.372. The second kappa shape index (κ2) is 13.3. The quantitative estimate of drug-likeness (QED) is 0.125. The molecule has 0 radical (unpaired) electrons. The van der Waals surface area contributed by atoms with E-state index >= 15 is 0 Å². The fourth-order valence-corrected chi connectivity index (χ4v) is 2.35. The average Bonchev–Trinajstić information content (AvgIpc) is 2.64. The van der Waals surface area contributed by atoms with Crippen LogP contribution in [0, 0.1) is 0 Å². The van der Waals surface area contributed by atoms with Crippen LogP contribution in [0.3, 0.4) is 0 Å². The molecule has 0 saturated heterocycles. The Balaban J connectivity index is 5.25. The van der Waals surface area contributed by atoms with Crippen molar-refractivity contribution in [1.29, 1.82) is 0 Å². The van der Waals surface area contributed by atoms with Crippen molar-refractivity contribution >= 4 is 48.1 Å². The Morgan fingerprint density at radius 2 is 1.24 bits per heavy atom. The molecule has 0 bridgehead atoms. The summed E-state index contributed by atoms with van der Waals surface area (Å²) < 4.78 is 0. The van der Waals surface area contributed by atoms with Gasteiger partial charge in [0.15, 0.2) is 0 Å². The molecular formula is C15H26N6O7S. The number of amides is 5. The van der Waals surface area contributed by atoms with Crippen LogP contribution in [0.5, 0.6) is 0 Å². The van der Waals surface area contributed by atoms with Crippen molar-refractivity contribution in [3.05, 3.63) is 0 Å². The summed E-state index contributed by atoms with van der Waals surface area (Å²) in [5.74, 6) is -5.37. The summed E-state index contributed by atoms with van der Waals surface area (Å²) in [5.41, 5.74) is 15.2. The lowest BCUT2D eigenvalue weighted by Crippen LogP contribution is -2.56. The van der Waals surface area contributed by atoms with Gasteiger partial charge in [0.2, 0.25) is 29.5 Å².